The maximum atomic E-state index is 12.7. The van der Waals surface area contributed by atoms with Gasteiger partial charge in [-0.05, 0) is 56.1 Å². The van der Waals surface area contributed by atoms with Gasteiger partial charge in [-0.15, -0.1) is 0 Å². The van der Waals surface area contributed by atoms with Crippen molar-refractivity contribution in [2.24, 2.45) is 11.3 Å². The number of amides is 2. The lowest BCUT2D eigenvalue weighted by molar-refractivity contribution is -0.169. The second kappa shape index (κ2) is 6.78. The third-order valence-corrected chi connectivity index (χ3v) is 7.51. The second-order valence-electron chi connectivity index (χ2n) is 8.65. The molecule has 1 aromatic rings. The van der Waals surface area contributed by atoms with Crippen LogP contribution in [-0.2, 0) is 15.9 Å². The number of hydrogen-bond acceptors (Lipinski definition) is 3. The number of ether oxygens (including phenoxy) is 2. The molecule has 5 rings (SSSR count). The fraction of sp³-hybridized carbons (Fsp3) is 0.682. The minimum Gasteiger partial charge on any atom is -0.381 e. The predicted octanol–water partition coefficient (Wildman–Crippen LogP) is 2.99. The van der Waals surface area contributed by atoms with Crippen molar-refractivity contribution in [3.8, 4) is 0 Å². The summed E-state index contributed by atoms with van der Waals surface area (Å²) in [6, 6.07) is 9.20. The van der Waals surface area contributed by atoms with Crippen molar-refractivity contribution in [2.45, 2.75) is 63.1 Å². The molecule has 5 nitrogen and oxygen atoms in total. The normalized spacial score (nSPS) is 35.5. The number of aryl methyl sites for hydroxylation is 1. The standard InChI is InChI=1S/C22H30N2O3/c1-2-27-18-13-17(22(18)9-11-26-12-10-22)23-21(25)24-20-16-8-7-14-5-3-4-6-15(14)19(16)20/h3-6,16-20H,2,7-13H2,1H3,(H2,23,24,25). The van der Waals surface area contributed by atoms with Crippen molar-refractivity contribution >= 4 is 6.03 Å². The Balaban J connectivity index is 1.21. The molecule has 0 bridgehead atoms. The molecule has 0 radical (unpaired) electrons. The molecule has 1 heterocycles. The van der Waals surface area contributed by atoms with Crippen LogP contribution in [0.25, 0.3) is 0 Å². The Morgan fingerprint density at radius 3 is 2.89 bits per heavy atom. The zero-order valence-corrected chi connectivity index (χ0v) is 16.1. The smallest absolute Gasteiger partial charge is 0.315 e. The molecule has 2 amide bonds. The number of fused-ring (bicyclic) bond motifs is 3. The van der Waals surface area contributed by atoms with E-state index >= 15 is 0 Å². The van der Waals surface area contributed by atoms with Crippen LogP contribution >= 0.6 is 0 Å². The van der Waals surface area contributed by atoms with Crippen molar-refractivity contribution in [1.82, 2.24) is 10.6 Å². The molecule has 3 aliphatic carbocycles. The Morgan fingerprint density at radius 1 is 1.26 bits per heavy atom. The van der Waals surface area contributed by atoms with Crippen LogP contribution in [-0.4, -0.2) is 44.0 Å². The fourth-order valence-corrected chi connectivity index (χ4v) is 5.92. The molecular formula is C22H30N2O3. The van der Waals surface area contributed by atoms with E-state index in [1.54, 1.807) is 0 Å². The van der Waals surface area contributed by atoms with E-state index in [-0.39, 0.29) is 23.6 Å². The molecule has 27 heavy (non-hydrogen) atoms. The molecule has 2 N–H and O–H groups in total. The second-order valence-corrected chi connectivity index (χ2v) is 8.65. The summed E-state index contributed by atoms with van der Waals surface area (Å²) in [5.41, 5.74) is 2.97. The summed E-state index contributed by atoms with van der Waals surface area (Å²) in [7, 11) is 0. The summed E-state index contributed by atoms with van der Waals surface area (Å²) in [4.78, 5) is 12.7. The first-order valence-electron chi connectivity index (χ1n) is 10.6. The van der Waals surface area contributed by atoms with Gasteiger partial charge in [0.1, 0.15) is 0 Å². The van der Waals surface area contributed by atoms with Crippen molar-refractivity contribution < 1.29 is 14.3 Å². The Bertz CT molecular complexity index is 715. The van der Waals surface area contributed by atoms with E-state index in [4.69, 9.17) is 9.47 Å². The van der Waals surface area contributed by atoms with Crippen LogP contribution in [0.1, 0.15) is 49.7 Å². The average Bonchev–Trinajstić information content (AvgIpc) is 3.41. The minimum absolute atomic E-state index is 0.00213. The van der Waals surface area contributed by atoms with Gasteiger partial charge in [0.05, 0.1) is 6.10 Å². The maximum absolute atomic E-state index is 12.7. The van der Waals surface area contributed by atoms with Gasteiger partial charge in [0, 0.05) is 43.2 Å². The van der Waals surface area contributed by atoms with Crippen molar-refractivity contribution in [3.63, 3.8) is 0 Å². The monoisotopic (exact) mass is 370 g/mol. The lowest BCUT2D eigenvalue weighted by Crippen LogP contribution is -2.67. The molecule has 1 aliphatic heterocycles. The molecule has 1 saturated heterocycles. The zero-order valence-electron chi connectivity index (χ0n) is 16.1. The van der Waals surface area contributed by atoms with Gasteiger partial charge in [0.2, 0.25) is 0 Å². The van der Waals surface area contributed by atoms with E-state index in [2.05, 4.69) is 34.9 Å². The van der Waals surface area contributed by atoms with E-state index < -0.39 is 0 Å². The zero-order chi connectivity index (χ0) is 18.4. The SMILES string of the molecule is CCOC1CC(NC(=O)NC2C3CCc4ccccc4C32)C12CCOCC2. The van der Waals surface area contributed by atoms with Gasteiger partial charge in [-0.1, -0.05) is 24.3 Å². The lowest BCUT2D eigenvalue weighted by atomic mass is 9.57. The van der Waals surface area contributed by atoms with E-state index in [9.17, 15) is 4.79 Å². The van der Waals surface area contributed by atoms with Gasteiger partial charge in [-0.2, -0.15) is 0 Å². The van der Waals surface area contributed by atoms with E-state index in [0.29, 0.717) is 17.9 Å². The van der Waals surface area contributed by atoms with Gasteiger partial charge >= 0.3 is 6.03 Å². The summed E-state index contributed by atoms with van der Waals surface area (Å²) < 4.78 is 11.5. The van der Waals surface area contributed by atoms with Gasteiger partial charge < -0.3 is 20.1 Å². The van der Waals surface area contributed by atoms with Crippen molar-refractivity contribution in [3.05, 3.63) is 35.4 Å². The van der Waals surface area contributed by atoms with Crippen molar-refractivity contribution in [2.75, 3.05) is 19.8 Å². The Labute approximate surface area is 161 Å². The highest BCUT2D eigenvalue weighted by Crippen LogP contribution is 2.55. The van der Waals surface area contributed by atoms with Gasteiger partial charge in [-0.3, -0.25) is 0 Å². The van der Waals surface area contributed by atoms with Crippen LogP contribution in [0.2, 0.25) is 0 Å². The van der Waals surface area contributed by atoms with Gasteiger partial charge in [0.25, 0.3) is 0 Å². The van der Waals surface area contributed by atoms with Gasteiger partial charge in [0.15, 0.2) is 0 Å². The number of nitrogens with one attached hydrogen (secondary N) is 2. The minimum atomic E-state index is -0.00213. The van der Waals surface area contributed by atoms with E-state index in [0.717, 1.165) is 45.5 Å². The third-order valence-electron chi connectivity index (χ3n) is 7.51. The molecule has 4 aliphatic rings. The van der Waals surface area contributed by atoms with Crippen LogP contribution in [0.15, 0.2) is 24.3 Å². The molecule has 2 saturated carbocycles. The summed E-state index contributed by atoms with van der Waals surface area (Å²) in [5, 5.41) is 6.57. The number of carbonyl (C=O) groups is 1. The molecule has 5 unspecified atom stereocenters. The van der Waals surface area contributed by atoms with Crippen LogP contribution in [0.4, 0.5) is 4.79 Å². The number of urea groups is 1. The first kappa shape index (κ1) is 17.5. The van der Waals surface area contributed by atoms with Gasteiger partial charge in [-0.25, -0.2) is 4.79 Å². The molecule has 1 spiro atoms. The quantitative estimate of drug-likeness (QED) is 0.857. The maximum Gasteiger partial charge on any atom is 0.315 e. The highest BCUT2D eigenvalue weighted by molar-refractivity contribution is 5.76. The average molecular weight is 370 g/mol. The Hall–Kier alpha value is -1.59. The van der Waals surface area contributed by atoms with Crippen molar-refractivity contribution in [1.29, 1.82) is 0 Å². The first-order chi connectivity index (χ1) is 13.2. The fourth-order valence-electron chi connectivity index (χ4n) is 5.92. The molecule has 0 aromatic heterocycles. The number of benzene rings is 1. The van der Waals surface area contributed by atoms with Crippen LogP contribution in [0.3, 0.4) is 0 Å². The summed E-state index contributed by atoms with van der Waals surface area (Å²) in [5.74, 6) is 1.12. The molecule has 146 valence electrons. The topological polar surface area (TPSA) is 59.6 Å². The first-order valence-corrected chi connectivity index (χ1v) is 10.6. The molecule has 3 fully saturated rings. The Morgan fingerprint density at radius 2 is 2.07 bits per heavy atom. The molecule has 1 aromatic carbocycles. The summed E-state index contributed by atoms with van der Waals surface area (Å²) in [6.45, 7) is 4.32. The highest BCUT2D eigenvalue weighted by atomic mass is 16.5. The lowest BCUT2D eigenvalue weighted by Gasteiger charge is -2.57. The van der Waals surface area contributed by atoms with E-state index in [1.165, 1.54) is 17.5 Å². The van der Waals surface area contributed by atoms with Crippen LogP contribution in [0.5, 0.6) is 0 Å². The molecular weight excluding hydrogens is 340 g/mol. The Kier molecular flexibility index (Phi) is 4.40. The van der Waals surface area contributed by atoms with Crippen LogP contribution < -0.4 is 10.6 Å². The number of carbonyl (C=O) groups excluding carboxylic acids is 1. The predicted molar refractivity (Wildman–Crippen MR) is 103 cm³/mol. The highest BCUT2D eigenvalue weighted by Gasteiger charge is 2.58. The molecule has 5 atom stereocenters. The largest absolute Gasteiger partial charge is 0.381 e. The van der Waals surface area contributed by atoms with E-state index in [1.807, 2.05) is 6.92 Å². The third kappa shape index (κ3) is 2.87. The summed E-state index contributed by atoms with van der Waals surface area (Å²) >= 11 is 0. The number of hydrogen-bond donors (Lipinski definition) is 2. The van der Waals surface area contributed by atoms with Crippen LogP contribution in [0, 0.1) is 11.3 Å². The number of rotatable bonds is 4. The molecule has 5 heteroatoms. The summed E-state index contributed by atoms with van der Waals surface area (Å²) in [6.07, 6.45) is 5.45.